The van der Waals surface area contributed by atoms with Crippen LogP contribution in [0.15, 0.2) is 77.7 Å². The quantitative estimate of drug-likeness (QED) is 0.709. The van der Waals surface area contributed by atoms with Crippen LogP contribution < -0.4 is 4.72 Å². The second kappa shape index (κ2) is 7.01. The number of benzene rings is 3. The van der Waals surface area contributed by atoms with Crippen LogP contribution in [0, 0.1) is 6.92 Å². The van der Waals surface area contributed by atoms with E-state index in [1.165, 1.54) is 24.3 Å². The predicted octanol–water partition coefficient (Wildman–Crippen LogP) is 4.16. The molecule has 0 heterocycles. The van der Waals surface area contributed by atoms with Crippen molar-refractivity contribution in [3.8, 4) is 11.1 Å². The molecule has 0 amide bonds. The molecule has 0 aromatic heterocycles. The van der Waals surface area contributed by atoms with Crippen LogP contribution in [0.4, 0.5) is 5.69 Å². The molecule has 0 radical (unpaired) electrons. The molecule has 26 heavy (non-hydrogen) atoms. The molecule has 0 atom stereocenters. The minimum absolute atomic E-state index is 0.0930. The molecule has 0 spiro atoms. The molecule has 2 N–H and O–H groups in total. The van der Waals surface area contributed by atoms with E-state index in [2.05, 4.69) is 4.72 Å². The Bertz CT molecular complexity index is 1020. The number of sulfonamides is 1. The Kier molecular flexibility index (Phi) is 4.77. The van der Waals surface area contributed by atoms with Gasteiger partial charge in [0.25, 0.3) is 10.0 Å². The minimum Gasteiger partial charge on any atom is -0.478 e. The first-order valence-corrected chi connectivity index (χ1v) is 9.37. The summed E-state index contributed by atoms with van der Waals surface area (Å²) in [5.74, 6) is -1.06. The van der Waals surface area contributed by atoms with Gasteiger partial charge in [0.2, 0.25) is 0 Å². The van der Waals surface area contributed by atoms with Crippen molar-refractivity contribution in [2.75, 3.05) is 4.72 Å². The van der Waals surface area contributed by atoms with Gasteiger partial charge in [0.1, 0.15) is 0 Å². The van der Waals surface area contributed by atoms with E-state index in [1.807, 2.05) is 31.2 Å². The first-order chi connectivity index (χ1) is 12.3. The highest BCUT2D eigenvalue weighted by Crippen LogP contribution is 2.23. The predicted molar refractivity (Wildman–Crippen MR) is 101 cm³/mol. The lowest BCUT2D eigenvalue weighted by Crippen LogP contribution is -2.13. The van der Waals surface area contributed by atoms with Crippen molar-refractivity contribution in [3.63, 3.8) is 0 Å². The molecule has 6 heteroatoms. The van der Waals surface area contributed by atoms with Crippen LogP contribution in [0.3, 0.4) is 0 Å². The number of hydrogen-bond acceptors (Lipinski definition) is 3. The Morgan fingerprint density at radius 1 is 0.808 bits per heavy atom. The summed E-state index contributed by atoms with van der Waals surface area (Å²) in [6.07, 6.45) is 0. The number of nitrogens with one attached hydrogen (secondary N) is 1. The Morgan fingerprint density at radius 2 is 1.31 bits per heavy atom. The van der Waals surface area contributed by atoms with Crippen molar-refractivity contribution in [3.05, 3.63) is 83.9 Å². The molecule has 0 aliphatic carbocycles. The zero-order valence-electron chi connectivity index (χ0n) is 14.0. The molecule has 3 aromatic rings. The van der Waals surface area contributed by atoms with Crippen molar-refractivity contribution in [1.82, 2.24) is 0 Å². The summed E-state index contributed by atoms with van der Waals surface area (Å²) in [6.45, 7) is 2.01. The van der Waals surface area contributed by atoms with Crippen LogP contribution in [0.5, 0.6) is 0 Å². The van der Waals surface area contributed by atoms with Gasteiger partial charge in [-0.25, -0.2) is 13.2 Å². The Morgan fingerprint density at radius 3 is 1.81 bits per heavy atom. The molecule has 0 fully saturated rings. The zero-order valence-corrected chi connectivity index (χ0v) is 14.8. The third-order valence-electron chi connectivity index (χ3n) is 3.93. The Balaban J connectivity index is 1.80. The SMILES string of the molecule is Cc1ccc(-c2ccc(S(=O)(=O)Nc3ccc(C(=O)O)cc3)cc2)cc1. The lowest BCUT2D eigenvalue weighted by molar-refractivity contribution is 0.0697. The van der Waals surface area contributed by atoms with Gasteiger partial charge in [0.05, 0.1) is 10.5 Å². The summed E-state index contributed by atoms with van der Waals surface area (Å²) in [6, 6.07) is 20.1. The van der Waals surface area contributed by atoms with Crippen molar-refractivity contribution in [2.45, 2.75) is 11.8 Å². The monoisotopic (exact) mass is 367 g/mol. The summed E-state index contributed by atoms with van der Waals surface area (Å²) in [7, 11) is -3.75. The van der Waals surface area contributed by atoms with E-state index >= 15 is 0 Å². The van der Waals surface area contributed by atoms with Gasteiger partial charge in [-0.2, -0.15) is 0 Å². The van der Waals surface area contributed by atoms with E-state index in [-0.39, 0.29) is 10.5 Å². The third-order valence-corrected chi connectivity index (χ3v) is 5.33. The summed E-state index contributed by atoms with van der Waals surface area (Å²) >= 11 is 0. The van der Waals surface area contributed by atoms with E-state index in [1.54, 1.807) is 24.3 Å². The van der Waals surface area contributed by atoms with Gasteiger partial charge in [-0.1, -0.05) is 42.0 Å². The van der Waals surface area contributed by atoms with E-state index in [4.69, 9.17) is 5.11 Å². The van der Waals surface area contributed by atoms with Gasteiger partial charge in [0.15, 0.2) is 0 Å². The maximum absolute atomic E-state index is 12.5. The summed E-state index contributed by atoms with van der Waals surface area (Å²) in [4.78, 5) is 11.0. The standard InChI is InChI=1S/C20H17NO4S/c1-14-2-4-15(5-3-14)16-8-12-19(13-9-16)26(24,25)21-18-10-6-17(7-11-18)20(22)23/h2-13,21H,1H3,(H,22,23). The molecule has 0 aliphatic rings. The number of aromatic carboxylic acids is 1. The van der Waals surface area contributed by atoms with Crippen LogP contribution in [0.1, 0.15) is 15.9 Å². The zero-order chi connectivity index (χ0) is 18.7. The maximum atomic E-state index is 12.5. The van der Waals surface area contributed by atoms with E-state index in [0.29, 0.717) is 5.69 Å². The highest BCUT2D eigenvalue weighted by molar-refractivity contribution is 7.92. The molecule has 0 unspecified atom stereocenters. The number of aryl methyl sites for hydroxylation is 1. The molecule has 132 valence electrons. The Hall–Kier alpha value is -3.12. The second-order valence-corrected chi connectivity index (χ2v) is 7.56. The van der Waals surface area contributed by atoms with Gasteiger partial charge in [0, 0.05) is 5.69 Å². The first kappa shape index (κ1) is 17.7. The molecule has 0 bridgehead atoms. The van der Waals surface area contributed by atoms with Gasteiger partial charge >= 0.3 is 5.97 Å². The largest absolute Gasteiger partial charge is 0.478 e. The number of carboxylic acid groups (broad SMARTS) is 1. The molecule has 0 saturated carbocycles. The van der Waals surface area contributed by atoms with Crippen LogP contribution in [-0.2, 0) is 10.0 Å². The number of carboxylic acids is 1. The molecule has 3 rings (SSSR count). The maximum Gasteiger partial charge on any atom is 0.335 e. The van der Waals surface area contributed by atoms with Gasteiger partial charge in [-0.3, -0.25) is 4.72 Å². The number of rotatable bonds is 5. The van der Waals surface area contributed by atoms with Gasteiger partial charge in [-0.05, 0) is 54.4 Å². The lowest BCUT2D eigenvalue weighted by Gasteiger charge is -2.09. The molecular weight excluding hydrogens is 350 g/mol. The number of carbonyl (C=O) groups is 1. The van der Waals surface area contributed by atoms with Gasteiger partial charge < -0.3 is 5.11 Å². The number of anilines is 1. The second-order valence-electron chi connectivity index (χ2n) is 5.88. The lowest BCUT2D eigenvalue weighted by atomic mass is 10.0. The summed E-state index contributed by atoms with van der Waals surface area (Å²) < 4.78 is 27.4. The van der Waals surface area contributed by atoms with Crippen LogP contribution >= 0.6 is 0 Å². The van der Waals surface area contributed by atoms with Crippen molar-refractivity contribution in [1.29, 1.82) is 0 Å². The average molecular weight is 367 g/mol. The molecule has 3 aromatic carbocycles. The molecule has 0 aliphatic heterocycles. The van der Waals surface area contributed by atoms with Crippen molar-refractivity contribution < 1.29 is 18.3 Å². The normalized spacial score (nSPS) is 11.1. The fourth-order valence-corrected chi connectivity index (χ4v) is 3.53. The molecule has 5 nitrogen and oxygen atoms in total. The Labute approximate surface area is 152 Å². The van der Waals surface area contributed by atoms with E-state index in [0.717, 1.165) is 16.7 Å². The van der Waals surface area contributed by atoms with Gasteiger partial charge in [-0.15, -0.1) is 0 Å². The summed E-state index contributed by atoms with van der Waals surface area (Å²) in [5.41, 5.74) is 3.49. The van der Waals surface area contributed by atoms with E-state index in [9.17, 15) is 13.2 Å². The summed E-state index contributed by atoms with van der Waals surface area (Å²) in [5, 5.41) is 8.88. The topological polar surface area (TPSA) is 83.5 Å². The van der Waals surface area contributed by atoms with Crippen molar-refractivity contribution >= 4 is 21.7 Å². The van der Waals surface area contributed by atoms with Crippen LogP contribution in [-0.4, -0.2) is 19.5 Å². The number of hydrogen-bond donors (Lipinski definition) is 2. The minimum atomic E-state index is -3.75. The van der Waals surface area contributed by atoms with Crippen LogP contribution in [0.25, 0.3) is 11.1 Å². The first-order valence-electron chi connectivity index (χ1n) is 7.88. The fourth-order valence-electron chi connectivity index (χ4n) is 2.47. The smallest absolute Gasteiger partial charge is 0.335 e. The molecular formula is C20H17NO4S. The van der Waals surface area contributed by atoms with Crippen molar-refractivity contribution in [2.24, 2.45) is 0 Å². The fraction of sp³-hybridized carbons (Fsp3) is 0.0500. The molecule has 0 saturated heterocycles. The average Bonchev–Trinajstić information content (AvgIpc) is 2.62. The van der Waals surface area contributed by atoms with Crippen LogP contribution in [0.2, 0.25) is 0 Å². The third kappa shape index (κ3) is 3.92. The highest BCUT2D eigenvalue weighted by Gasteiger charge is 2.14. The highest BCUT2D eigenvalue weighted by atomic mass is 32.2. The van der Waals surface area contributed by atoms with E-state index < -0.39 is 16.0 Å².